The molecule has 2 aromatic rings. The normalized spacial score (nSPS) is 10.3. The van der Waals surface area contributed by atoms with Gasteiger partial charge in [0.1, 0.15) is 11.5 Å². The van der Waals surface area contributed by atoms with Crippen molar-refractivity contribution in [2.45, 2.75) is 13.5 Å². The number of hydrogen-bond acceptors (Lipinski definition) is 4. The third-order valence-corrected chi connectivity index (χ3v) is 3.71. The van der Waals surface area contributed by atoms with Crippen molar-refractivity contribution in [3.8, 4) is 0 Å². The van der Waals surface area contributed by atoms with Gasteiger partial charge in [-0.3, -0.25) is 0 Å². The molecule has 0 spiro atoms. The van der Waals surface area contributed by atoms with Crippen LogP contribution in [0.1, 0.15) is 20.8 Å². The number of halogens is 1. The van der Waals surface area contributed by atoms with Crippen molar-refractivity contribution < 1.29 is 9.53 Å². The zero-order valence-corrected chi connectivity index (χ0v) is 11.3. The lowest BCUT2D eigenvalue weighted by molar-refractivity contribution is 0.0480. The van der Waals surface area contributed by atoms with Crippen LogP contribution in [-0.4, -0.2) is 5.97 Å². The Morgan fingerprint density at radius 3 is 2.83 bits per heavy atom. The number of nitrogen functional groups attached to an aromatic ring is 1. The predicted molar refractivity (Wildman–Crippen MR) is 74.0 cm³/mol. The molecule has 1 aromatic carbocycles. The molecular formula is C13H12ClNO2S. The fourth-order valence-corrected chi connectivity index (χ4v) is 2.46. The molecule has 0 radical (unpaired) electrons. The van der Waals surface area contributed by atoms with Crippen molar-refractivity contribution in [3.63, 3.8) is 0 Å². The van der Waals surface area contributed by atoms with Gasteiger partial charge in [0, 0.05) is 10.6 Å². The highest BCUT2D eigenvalue weighted by Crippen LogP contribution is 2.22. The first-order valence-corrected chi connectivity index (χ1v) is 6.59. The monoisotopic (exact) mass is 281 g/mol. The topological polar surface area (TPSA) is 52.3 Å². The van der Waals surface area contributed by atoms with E-state index in [0.29, 0.717) is 15.6 Å². The number of thiophene rings is 1. The lowest BCUT2D eigenvalue weighted by Gasteiger charge is -2.06. The van der Waals surface area contributed by atoms with E-state index in [1.54, 1.807) is 11.4 Å². The largest absolute Gasteiger partial charge is 0.457 e. The molecule has 94 valence electrons. The standard InChI is InChI=1S/C13H12ClNO2S/c1-8-2-3-9(10(14)6-8)7-17-13(16)12-11(15)4-5-18-12/h2-6H,7,15H2,1H3. The van der Waals surface area contributed by atoms with Crippen LogP contribution in [0.3, 0.4) is 0 Å². The second-order valence-corrected chi connectivity index (χ2v) is 5.20. The minimum Gasteiger partial charge on any atom is -0.457 e. The highest BCUT2D eigenvalue weighted by molar-refractivity contribution is 7.12. The molecule has 1 heterocycles. The van der Waals surface area contributed by atoms with Crippen molar-refractivity contribution >= 4 is 34.6 Å². The van der Waals surface area contributed by atoms with Crippen molar-refractivity contribution in [2.24, 2.45) is 0 Å². The number of benzene rings is 1. The van der Waals surface area contributed by atoms with Crippen LogP contribution in [0.15, 0.2) is 29.6 Å². The summed E-state index contributed by atoms with van der Waals surface area (Å²) in [7, 11) is 0. The maximum absolute atomic E-state index is 11.7. The van der Waals surface area contributed by atoms with Gasteiger partial charge in [0.05, 0.1) is 5.69 Å². The quantitative estimate of drug-likeness (QED) is 0.874. The Labute approximate surface area is 114 Å². The minimum atomic E-state index is -0.417. The maximum atomic E-state index is 11.7. The molecule has 1 aromatic heterocycles. The first-order chi connectivity index (χ1) is 8.58. The number of ether oxygens (including phenoxy) is 1. The zero-order valence-electron chi connectivity index (χ0n) is 9.77. The molecule has 0 aliphatic carbocycles. The predicted octanol–water partition coefficient (Wildman–Crippen LogP) is 3.65. The van der Waals surface area contributed by atoms with E-state index in [0.717, 1.165) is 11.1 Å². The Kier molecular flexibility index (Phi) is 3.89. The third kappa shape index (κ3) is 2.83. The van der Waals surface area contributed by atoms with Crippen molar-refractivity contribution in [1.29, 1.82) is 0 Å². The summed E-state index contributed by atoms with van der Waals surface area (Å²) >= 11 is 7.32. The van der Waals surface area contributed by atoms with E-state index in [1.165, 1.54) is 11.3 Å². The number of anilines is 1. The molecule has 18 heavy (non-hydrogen) atoms. The Morgan fingerprint density at radius 1 is 1.44 bits per heavy atom. The maximum Gasteiger partial charge on any atom is 0.350 e. The van der Waals surface area contributed by atoms with Gasteiger partial charge in [-0.25, -0.2) is 4.79 Å². The smallest absolute Gasteiger partial charge is 0.350 e. The van der Waals surface area contributed by atoms with E-state index in [9.17, 15) is 4.79 Å². The Hall–Kier alpha value is -1.52. The zero-order chi connectivity index (χ0) is 13.1. The number of aryl methyl sites for hydroxylation is 1. The number of nitrogens with two attached hydrogens (primary N) is 1. The van der Waals surface area contributed by atoms with Crippen molar-refractivity contribution in [2.75, 3.05) is 5.73 Å². The molecule has 3 nitrogen and oxygen atoms in total. The highest BCUT2D eigenvalue weighted by Gasteiger charge is 2.13. The van der Waals surface area contributed by atoms with E-state index < -0.39 is 5.97 Å². The van der Waals surface area contributed by atoms with Crippen LogP contribution in [-0.2, 0) is 11.3 Å². The third-order valence-electron chi connectivity index (χ3n) is 2.45. The average Bonchev–Trinajstić information content (AvgIpc) is 2.74. The number of esters is 1. The fourth-order valence-electron chi connectivity index (χ4n) is 1.46. The molecule has 0 bridgehead atoms. The Bertz CT molecular complexity index is 580. The van der Waals surface area contributed by atoms with Gasteiger partial charge < -0.3 is 10.5 Å². The van der Waals surface area contributed by atoms with Gasteiger partial charge in [-0.2, -0.15) is 0 Å². The molecule has 0 saturated heterocycles. The molecule has 5 heteroatoms. The summed E-state index contributed by atoms with van der Waals surface area (Å²) in [5.74, 6) is -0.417. The summed E-state index contributed by atoms with van der Waals surface area (Å²) in [6, 6.07) is 7.29. The van der Waals surface area contributed by atoms with Gasteiger partial charge in [0.25, 0.3) is 0 Å². The van der Waals surface area contributed by atoms with Gasteiger partial charge in [0.15, 0.2) is 0 Å². The highest BCUT2D eigenvalue weighted by atomic mass is 35.5. The number of carbonyl (C=O) groups excluding carboxylic acids is 1. The van der Waals surface area contributed by atoms with Crippen LogP contribution in [0.4, 0.5) is 5.69 Å². The average molecular weight is 282 g/mol. The molecule has 0 amide bonds. The summed E-state index contributed by atoms with van der Waals surface area (Å²) in [5, 5.41) is 2.35. The number of carbonyl (C=O) groups is 1. The van der Waals surface area contributed by atoms with Crippen LogP contribution in [0.25, 0.3) is 0 Å². The number of hydrogen-bond donors (Lipinski definition) is 1. The second-order valence-electron chi connectivity index (χ2n) is 3.88. The molecular weight excluding hydrogens is 270 g/mol. The number of rotatable bonds is 3. The molecule has 2 rings (SSSR count). The first kappa shape index (κ1) is 12.9. The minimum absolute atomic E-state index is 0.148. The Balaban J connectivity index is 2.04. The molecule has 0 unspecified atom stereocenters. The summed E-state index contributed by atoms with van der Waals surface area (Å²) in [6.07, 6.45) is 0. The summed E-state index contributed by atoms with van der Waals surface area (Å²) in [4.78, 5) is 12.2. The van der Waals surface area contributed by atoms with Crippen LogP contribution >= 0.6 is 22.9 Å². The van der Waals surface area contributed by atoms with E-state index >= 15 is 0 Å². The van der Waals surface area contributed by atoms with E-state index in [1.807, 2.05) is 25.1 Å². The van der Waals surface area contributed by atoms with Crippen LogP contribution in [0.5, 0.6) is 0 Å². The summed E-state index contributed by atoms with van der Waals surface area (Å²) in [6.45, 7) is 2.10. The molecule has 0 aliphatic heterocycles. The van der Waals surface area contributed by atoms with Gasteiger partial charge in [-0.15, -0.1) is 11.3 Å². The molecule has 2 N–H and O–H groups in total. The first-order valence-electron chi connectivity index (χ1n) is 5.33. The van der Waals surface area contributed by atoms with Crippen LogP contribution in [0.2, 0.25) is 5.02 Å². The van der Waals surface area contributed by atoms with E-state index in [4.69, 9.17) is 22.1 Å². The fraction of sp³-hybridized carbons (Fsp3) is 0.154. The molecule has 0 fully saturated rings. The molecule has 0 atom stereocenters. The SMILES string of the molecule is Cc1ccc(COC(=O)c2sccc2N)c(Cl)c1. The second kappa shape index (κ2) is 5.42. The summed E-state index contributed by atoms with van der Waals surface area (Å²) < 4.78 is 5.18. The van der Waals surface area contributed by atoms with E-state index in [2.05, 4.69) is 0 Å². The van der Waals surface area contributed by atoms with Gasteiger partial charge in [-0.1, -0.05) is 23.7 Å². The Morgan fingerprint density at radius 2 is 2.22 bits per heavy atom. The molecule has 0 aliphatic rings. The van der Waals surface area contributed by atoms with E-state index in [-0.39, 0.29) is 6.61 Å². The van der Waals surface area contributed by atoms with Gasteiger partial charge in [0.2, 0.25) is 0 Å². The lowest BCUT2D eigenvalue weighted by Crippen LogP contribution is -2.05. The lowest BCUT2D eigenvalue weighted by atomic mass is 10.2. The van der Waals surface area contributed by atoms with Gasteiger partial charge >= 0.3 is 5.97 Å². The summed E-state index contributed by atoms with van der Waals surface area (Å²) in [5.41, 5.74) is 7.94. The van der Waals surface area contributed by atoms with Gasteiger partial charge in [-0.05, 0) is 30.0 Å². The molecule has 0 saturated carbocycles. The van der Waals surface area contributed by atoms with Crippen LogP contribution < -0.4 is 5.73 Å². The van der Waals surface area contributed by atoms with Crippen LogP contribution in [0, 0.1) is 6.92 Å². The van der Waals surface area contributed by atoms with Crippen molar-refractivity contribution in [3.05, 3.63) is 50.7 Å². The van der Waals surface area contributed by atoms with Crippen molar-refractivity contribution in [1.82, 2.24) is 0 Å².